The van der Waals surface area contributed by atoms with Gasteiger partial charge in [0.25, 0.3) is 0 Å². The Balaban J connectivity index is 0.00000144. The summed E-state index contributed by atoms with van der Waals surface area (Å²) in [7, 11) is 0. The monoisotopic (exact) mass is 664 g/mol. The molecule has 0 radical (unpaired) electrons. The van der Waals surface area contributed by atoms with E-state index in [0.717, 1.165) is 0 Å². The number of halogens is 2. The minimum atomic E-state index is -1.03. The van der Waals surface area contributed by atoms with Gasteiger partial charge >= 0.3 is 209 Å². The van der Waals surface area contributed by atoms with E-state index >= 15 is 0 Å². The Kier molecular flexibility index (Phi) is 7.81. The minimum absolute atomic E-state index is 0. The maximum absolute atomic E-state index is 2.47. The van der Waals surface area contributed by atoms with Crippen LogP contribution in [-0.4, -0.2) is 9.13 Å². The molecule has 2 nitrogen and oxygen atoms in total. The third-order valence-corrected chi connectivity index (χ3v) is 11.9. The molecule has 0 saturated heterocycles. The number of rotatable bonds is 4. The predicted molar refractivity (Wildman–Crippen MR) is 135 cm³/mol. The normalized spacial score (nSPS) is 17.5. The number of aromatic nitrogens is 2. The van der Waals surface area contributed by atoms with Crippen molar-refractivity contribution in [2.75, 3.05) is 0 Å². The van der Waals surface area contributed by atoms with E-state index in [2.05, 4.69) is 122 Å². The fourth-order valence-electron chi connectivity index (χ4n) is 5.58. The number of nitrogens with zero attached hydrogens (tertiary/aromatic N) is 2. The summed E-state index contributed by atoms with van der Waals surface area (Å²) in [5.74, 6) is 0. The molecule has 2 aromatic carbocycles. The molecule has 4 aromatic rings. The zero-order valence-electron chi connectivity index (χ0n) is 20.4. The van der Waals surface area contributed by atoms with Crippen LogP contribution < -0.4 is 34.0 Å². The van der Waals surface area contributed by atoms with Crippen molar-refractivity contribution in [2.24, 2.45) is 0 Å². The first kappa shape index (κ1) is 26.4. The van der Waals surface area contributed by atoms with Crippen LogP contribution in [0.3, 0.4) is 0 Å². The molecule has 2 aromatic heterocycles. The van der Waals surface area contributed by atoms with Gasteiger partial charge in [0.15, 0.2) is 0 Å². The molecule has 0 amide bonds. The fourth-order valence-corrected chi connectivity index (χ4v) is 11.1. The number of aryl methyl sites for hydroxylation is 4. The summed E-state index contributed by atoms with van der Waals surface area (Å²) in [4.78, 5) is 0. The van der Waals surface area contributed by atoms with Crippen LogP contribution in [0.25, 0.3) is 23.5 Å². The SMILES string of the molecule is Cc1ccc(C)c2c1C=C(n1cccc1)[CH]2[Zr+2][CH]1C(n2cccc2)=Cc2c(C)ccc(C)c21.[Br-].[Br-]. The molecule has 2 aliphatic rings. The first-order valence-electron chi connectivity index (χ1n) is 11.7. The summed E-state index contributed by atoms with van der Waals surface area (Å²) in [6.07, 6.45) is 13.8. The molecule has 6 rings (SSSR count). The molecule has 35 heavy (non-hydrogen) atoms. The predicted octanol–water partition coefficient (Wildman–Crippen LogP) is 1.42. The van der Waals surface area contributed by atoms with Crippen LogP contribution in [0, 0.1) is 27.7 Å². The Bertz CT molecular complexity index is 1320. The molecule has 2 heterocycles. The smallest absolute Gasteiger partial charge is 1.00 e. The van der Waals surface area contributed by atoms with Crippen molar-refractivity contribution < 1.29 is 57.2 Å². The van der Waals surface area contributed by atoms with Gasteiger partial charge in [0.1, 0.15) is 0 Å². The van der Waals surface area contributed by atoms with Gasteiger partial charge in [-0.05, 0) is 0 Å². The topological polar surface area (TPSA) is 9.86 Å². The van der Waals surface area contributed by atoms with Crippen molar-refractivity contribution in [3.63, 3.8) is 0 Å². The van der Waals surface area contributed by atoms with Gasteiger partial charge in [-0.25, -0.2) is 0 Å². The maximum Gasteiger partial charge on any atom is -1.00 e. The van der Waals surface area contributed by atoms with Gasteiger partial charge in [0.2, 0.25) is 0 Å². The second kappa shape index (κ2) is 10.4. The van der Waals surface area contributed by atoms with Crippen molar-refractivity contribution >= 4 is 23.5 Å². The first-order chi connectivity index (χ1) is 16.0. The van der Waals surface area contributed by atoms with Crippen LogP contribution in [0.5, 0.6) is 0 Å². The Morgan fingerprint density at radius 1 is 0.543 bits per heavy atom. The Morgan fingerprint density at radius 3 is 1.26 bits per heavy atom. The van der Waals surface area contributed by atoms with Gasteiger partial charge in [0, 0.05) is 0 Å². The van der Waals surface area contributed by atoms with Crippen molar-refractivity contribution in [3.8, 4) is 0 Å². The van der Waals surface area contributed by atoms with Crippen LogP contribution in [0.4, 0.5) is 0 Å². The second-order valence-corrected chi connectivity index (χ2v) is 13.1. The van der Waals surface area contributed by atoms with Gasteiger partial charge in [-0.15, -0.1) is 0 Å². The number of fused-ring (bicyclic) bond motifs is 2. The Labute approximate surface area is 240 Å². The quantitative estimate of drug-likeness (QED) is 0.312. The summed E-state index contributed by atoms with van der Waals surface area (Å²) >= 11 is -1.03. The minimum Gasteiger partial charge on any atom is -1.00 e. The average Bonchev–Trinajstić information content (AvgIpc) is 3.59. The fraction of sp³-hybridized carbons (Fsp3) is 0.200. The van der Waals surface area contributed by atoms with Crippen LogP contribution in [0.2, 0.25) is 0 Å². The van der Waals surface area contributed by atoms with Gasteiger partial charge in [-0.1, -0.05) is 0 Å². The van der Waals surface area contributed by atoms with Crippen molar-refractivity contribution in [2.45, 2.75) is 34.9 Å². The third kappa shape index (κ3) is 4.39. The summed E-state index contributed by atoms with van der Waals surface area (Å²) in [6, 6.07) is 17.8. The van der Waals surface area contributed by atoms with Crippen molar-refractivity contribution in [3.05, 3.63) is 118 Å². The Morgan fingerprint density at radius 2 is 0.886 bits per heavy atom. The van der Waals surface area contributed by atoms with E-state index in [0.29, 0.717) is 7.25 Å². The van der Waals surface area contributed by atoms with Gasteiger partial charge < -0.3 is 34.0 Å². The maximum atomic E-state index is 2.47. The van der Waals surface area contributed by atoms with E-state index in [1.165, 1.54) is 44.8 Å². The summed E-state index contributed by atoms with van der Waals surface area (Å²) in [5, 5.41) is 0. The number of benzene rings is 2. The van der Waals surface area contributed by atoms with E-state index in [1.54, 1.807) is 11.1 Å². The molecule has 176 valence electrons. The molecule has 2 aliphatic carbocycles. The average molecular weight is 668 g/mol. The van der Waals surface area contributed by atoms with Gasteiger partial charge in [-0.3, -0.25) is 0 Å². The summed E-state index contributed by atoms with van der Waals surface area (Å²) in [5.41, 5.74) is 14.6. The van der Waals surface area contributed by atoms with Gasteiger partial charge in [-0.2, -0.15) is 0 Å². The molecule has 2 atom stereocenters. The summed E-state index contributed by atoms with van der Waals surface area (Å²) < 4.78 is 5.77. The Hall–Kier alpha value is -1.68. The molecular weight excluding hydrogens is 639 g/mol. The molecule has 0 fully saturated rings. The largest absolute Gasteiger partial charge is 1.00 e. The van der Waals surface area contributed by atoms with E-state index in [1.807, 2.05) is 0 Å². The third-order valence-electron chi connectivity index (χ3n) is 7.34. The van der Waals surface area contributed by atoms with E-state index < -0.39 is 23.2 Å². The standard InChI is InChI=1S/2C15H14N.2BrH.Zr/c2*1-11-5-6-12(2)15-10-13(9-14(11)15)16-7-3-4-8-16;;;/h2*3-10H,1-2H3;2*1H;/q;;;;+2/p-2. The zero-order valence-corrected chi connectivity index (χ0v) is 26.0. The number of hydrogen-bond acceptors (Lipinski definition) is 0. The summed E-state index contributed by atoms with van der Waals surface area (Å²) in [6.45, 7) is 9.13. The van der Waals surface area contributed by atoms with Crippen molar-refractivity contribution in [1.82, 2.24) is 9.13 Å². The molecule has 0 N–H and O–H groups in total. The van der Waals surface area contributed by atoms with E-state index in [4.69, 9.17) is 0 Å². The van der Waals surface area contributed by atoms with E-state index in [-0.39, 0.29) is 34.0 Å². The van der Waals surface area contributed by atoms with Gasteiger partial charge in [0.05, 0.1) is 0 Å². The van der Waals surface area contributed by atoms with Crippen molar-refractivity contribution in [1.29, 1.82) is 0 Å². The second-order valence-electron chi connectivity index (χ2n) is 9.41. The molecule has 2 unspecified atom stereocenters. The first-order valence-corrected chi connectivity index (χ1v) is 14.5. The molecule has 5 heteroatoms. The molecule has 0 saturated carbocycles. The van der Waals surface area contributed by atoms with Crippen LogP contribution in [-0.2, 0) is 23.2 Å². The van der Waals surface area contributed by atoms with Crippen LogP contribution in [0.1, 0.15) is 51.8 Å². The van der Waals surface area contributed by atoms with E-state index in [9.17, 15) is 0 Å². The number of allylic oxidation sites excluding steroid dienone is 2. The number of hydrogen-bond donors (Lipinski definition) is 0. The van der Waals surface area contributed by atoms with Crippen LogP contribution in [0.15, 0.2) is 73.3 Å². The molecule has 0 bridgehead atoms. The molecular formula is C30H28Br2N2Zr. The molecule has 0 spiro atoms. The zero-order chi connectivity index (χ0) is 22.7. The molecule has 0 aliphatic heterocycles. The van der Waals surface area contributed by atoms with Crippen LogP contribution >= 0.6 is 0 Å².